The molecule has 0 aromatic rings. The number of primary amides is 1. The molecule has 0 aromatic heterocycles. The van der Waals surface area contributed by atoms with Gasteiger partial charge in [-0.25, -0.2) is 0 Å². The first kappa shape index (κ1) is 6.42. The van der Waals surface area contributed by atoms with Gasteiger partial charge in [0.2, 0.25) is 5.91 Å². The summed E-state index contributed by atoms with van der Waals surface area (Å²) in [5.74, 6) is -0.431. The van der Waals surface area contributed by atoms with Crippen LogP contribution in [0.15, 0.2) is 24.0 Å². The zero-order valence-electron chi connectivity index (χ0n) is 5.83. The van der Waals surface area contributed by atoms with Crippen molar-refractivity contribution in [1.29, 1.82) is 0 Å². The van der Waals surface area contributed by atoms with Crippen molar-refractivity contribution in [2.24, 2.45) is 5.73 Å². The number of carbonyl (C=O) groups excluding carboxylic acids is 1. The van der Waals surface area contributed by atoms with E-state index in [1.807, 2.05) is 0 Å². The number of hydrogen-bond donors (Lipinski definition) is 2. The fourth-order valence-corrected chi connectivity index (χ4v) is 1.14. The summed E-state index contributed by atoms with van der Waals surface area (Å²) in [6.07, 6.45) is 5.11. The molecule has 2 aliphatic heterocycles. The highest BCUT2D eigenvalue weighted by Crippen LogP contribution is 2.37. The molecule has 0 unspecified atom stereocenters. The molecule has 3 N–H and O–H groups in total. The third-order valence-electron chi connectivity index (χ3n) is 1.85. The van der Waals surface area contributed by atoms with Crippen LogP contribution in [-0.4, -0.2) is 18.1 Å². The average Bonchev–Trinajstić information content (AvgIpc) is 2.70. The van der Waals surface area contributed by atoms with Gasteiger partial charge < -0.3 is 15.8 Å². The van der Waals surface area contributed by atoms with Crippen LogP contribution in [0.25, 0.3) is 0 Å². The van der Waals surface area contributed by atoms with Gasteiger partial charge in [-0.1, -0.05) is 0 Å². The molecule has 0 radical (unpaired) electrons. The first-order chi connectivity index (χ1) is 5.25. The van der Waals surface area contributed by atoms with E-state index in [0.29, 0.717) is 12.2 Å². The number of dihydropyridines is 1. The van der Waals surface area contributed by atoms with Gasteiger partial charge in [-0.2, -0.15) is 0 Å². The van der Waals surface area contributed by atoms with Gasteiger partial charge in [0.1, 0.15) is 5.60 Å². The summed E-state index contributed by atoms with van der Waals surface area (Å²) in [6, 6.07) is 0. The summed E-state index contributed by atoms with van der Waals surface area (Å²) in [4.78, 5) is 10.8. The number of hydrogen-bond acceptors (Lipinski definition) is 3. The molecule has 0 bridgehead atoms. The minimum Gasteiger partial charge on any atom is -0.367 e. The molecule has 0 aliphatic carbocycles. The van der Waals surface area contributed by atoms with E-state index in [1.54, 1.807) is 18.5 Å². The number of ether oxygens (including phenoxy) is 1. The van der Waals surface area contributed by atoms with Crippen molar-refractivity contribution in [2.45, 2.75) is 5.60 Å². The minimum atomic E-state index is -0.489. The Morgan fingerprint density at radius 1 is 1.82 bits per heavy atom. The highest BCUT2D eigenvalue weighted by molar-refractivity contribution is 5.95. The zero-order valence-corrected chi connectivity index (χ0v) is 5.83. The van der Waals surface area contributed by atoms with Gasteiger partial charge in [0.25, 0.3) is 0 Å². The Kier molecular flexibility index (Phi) is 1.08. The second-order valence-electron chi connectivity index (χ2n) is 2.60. The largest absolute Gasteiger partial charge is 0.367 e. The van der Waals surface area contributed by atoms with Gasteiger partial charge in [0, 0.05) is 6.20 Å². The van der Waals surface area contributed by atoms with Crippen molar-refractivity contribution in [3.63, 3.8) is 0 Å². The molecule has 0 saturated carbocycles. The summed E-state index contributed by atoms with van der Waals surface area (Å²) >= 11 is 0. The van der Waals surface area contributed by atoms with Gasteiger partial charge in [-0.05, 0) is 12.3 Å². The number of nitrogens with two attached hydrogens (primary N) is 1. The van der Waals surface area contributed by atoms with E-state index >= 15 is 0 Å². The number of nitrogens with one attached hydrogen (secondary N) is 1. The van der Waals surface area contributed by atoms with Crippen LogP contribution in [0.3, 0.4) is 0 Å². The van der Waals surface area contributed by atoms with Crippen molar-refractivity contribution in [3.8, 4) is 0 Å². The number of epoxide rings is 1. The molecular formula is C7H8N2O2. The lowest BCUT2D eigenvalue weighted by atomic mass is 9.99. The summed E-state index contributed by atoms with van der Waals surface area (Å²) < 4.78 is 5.11. The lowest BCUT2D eigenvalue weighted by molar-refractivity contribution is -0.115. The molecule has 11 heavy (non-hydrogen) atoms. The normalized spacial score (nSPS) is 32.9. The minimum absolute atomic E-state index is 0.431. The Labute approximate surface area is 63.7 Å². The van der Waals surface area contributed by atoms with Gasteiger partial charge in [0.05, 0.1) is 12.2 Å². The maximum Gasteiger partial charge on any atom is 0.249 e. The van der Waals surface area contributed by atoms with Gasteiger partial charge >= 0.3 is 0 Å². The fourth-order valence-electron chi connectivity index (χ4n) is 1.14. The molecule has 1 saturated heterocycles. The van der Waals surface area contributed by atoms with Crippen molar-refractivity contribution >= 4 is 5.91 Å². The molecular weight excluding hydrogens is 144 g/mol. The second kappa shape index (κ2) is 1.85. The van der Waals surface area contributed by atoms with Crippen molar-refractivity contribution in [3.05, 3.63) is 24.0 Å². The molecule has 1 spiro atoms. The number of amides is 1. The molecule has 2 aliphatic rings. The van der Waals surface area contributed by atoms with E-state index < -0.39 is 11.5 Å². The van der Waals surface area contributed by atoms with E-state index in [2.05, 4.69) is 5.32 Å². The predicted molar refractivity (Wildman–Crippen MR) is 38.2 cm³/mol. The van der Waals surface area contributed by atoms with Gasteiger partial charge in [0.15, 0.2) is 0 Å². The van der Waals surface area contributed by atoms with Crippen molar-refractivity contribution < 1.29 is 9.53 Å². The van der Waals surface area contributed by atoms with E-state index in [4.69, 9.17) is 10.5 Å². The van der Waals surface area contributed by atoms with Crippen LogP contribution in [-0.2, 0) is 9.53 Å². The summed E-state index contributed by atoms with van der Waals surface area (Å²) in [6.45, 7) is 0.556. The van der Waals surface area contributed by atoms with Crippen molar-refractivity contribution in [1.82, 2.24) is 5.32 Å². The highest BCUT2D eigenvalue weighted by atomic mass is 16.6. The first-order valence-electron chi connectivity index (χ1n) is 3.33. The lowest BCUT2D eigenvalue weighted by Gasteiger charge is -2.12. The maximum atomic E-state index is 10.8. The van der Waals surface area contributed by atoms with Crippen LogP contribution < -0.4 is 11.1 Å². The quantitative estimate of drug-likeness (QED) is 0.485. The van der Waals surface area contributed by atoms with Crippen LogP contribution in [0.4, 0.5) is 0 Å². The fraction of sp³-hybridized carbons (Fsp3) is 0.286. The van der Waals surface area contributed by atoms with Gasteiger partial charge in [-0.3, -0.25) is 4.79 Å². The predicted octanol–water partition coefficient (Wildman–Crippen LogP) is -0.758. The molecule has 1 fully saturated rings. The summed E-state index contributed by atoms with van der Waals surface area (Å²) in [7, 11) is 0. The third-order valence-corrected chi connectivity index (χ3v) is 1.85. The Balaban J connectivity index is 2.31. The molecule has 4 heteroatoms. The Hall–Kier alpha value is -1.29. The van der Waals surface area contributed by atoms with E-state index in [9.17, 15) is 4.79 Å². The number of rotatable bonds is 1. The van der Waals surface area contributed by atoms with Crippen LogP contribution in [0.5, 0.6) is 0 Å². The zero-order chi connectivity index (χ0) is 7.90. The monoisotopic (exact) mass is 152 g/mol. The summed E-state index contributed by atoms with van der Waals surface area (Å²) in [5.41, 5.74) is 5.13. The molecule has 1 atom stereocenters. The molecule has 0 aromatic carbocycles. The average molecular weight is 152 g/mol. The second-order valence-corrected chi connectivity index (χ2v) is 2.60. The number of carbonyl (C=O) groups is 1. The standard InChI is InChI=1S/C7H8N2O2/c8-6(10)5-3-9-2-1-7(5)4-11-7/h1-3,9H,4H2,(H2,8,10)/t7-/m1/s1. The Bertz CT molecular complexity index is 264. The molecule has 4 nitrogen and oxygen atoms in total. The molecule has 58 valence electrons. The van der Waals surface area contributed by atoms with E-state index in [0.717, 1.165) is 0 Å². The molecule has 1 amide bonds. The van der Waals surface area contributed by atoms with Crippen LogP contribution in [0.1, 0.15) is 0 Å². The van der Waals surface area contributed by atoms with Crippen LogP contribution >= 0.6 is 0 Å². The lowest BCUT2D eigenvalue weighted by Crippen LogP contribution is -2.29. The Morgan fingerprint density at radius 2 is 2.55 bits per heavy atom. The third kappa shape index (κ3) is 0.832. The molecule has 2 heterocycles. The van der Waals surface area contributed by atoms with E-state index in [1.165, 1.54) is 0 Å². The topological polar surface area (TPSA) is 67.7 Å². The van der Waals surface area contributed by atoms with Crippen LogP contribution in [0, 0.1) is 0 Å². The maximum absolute atomic E-state index is 10.8. The smallest absolute Gasteiger partial charge is 0.249 e. The first-order valence-corrected chi connectivity index (χ1v) is 3.33. The van der Waals surface area contributed by atoms with Crippen molar-refractivity contribution in [2.75, 3.05) is 6.61 Å². The highest BCUT2D eigenvalue weighted by Gasteiger charge is 2.49. The van der Waals surface area contributed by atoms with Crippen LogP contribution in [0.2, 0.25) is 0 Å². The SMILES string of the molecule is NC(=O)C1=CNC=C[C@@]12CO2. The van der Waals surface area contributed by atoms with Gasteiger partial charge in [-0.15, -0.1) is 0 Å². The molecule has 2 rings (SSSR count). The summed E-state index contributed by atoms with van der Waals surface area (Å²) in [5, 5.41) is 2.79. The van der Waals surface area contributed by atoms with E-state index in [-0.39, 0.29) is 0 Å². The Morgan fingerprint density at radius 3 is 3.00 bits per heavy atom.